The minimum Gasteiger partial charge on any atom is -0.423 e. The molecule has 0 saturated carbocycles. The van der Waals surface area contributed by atoms with Crippen molar-refractivity contribution in [1.82, 2.24) is 9.78 Å². The number of aromatic nitrogens is 2. The van der Waals surface area contributed by atoms with Crippen LogP contribution in [0.3, 0.4) is 0 Å². The highest BCUT2D eigenvalue weighted by Gasteiger charge is 2.40. The maximum Gasteiger partial charge on any atom is 0.491 e. The number of hydrogen-bond donors (Lipinski definition) is 2. The number of hydrogen-bond acceptors (Lipinski definition) is 5. The first-order valence-corrected chi connectivity index (χ1v) is 8.81. The first-order chi connectivity index (χ1) is 13.3. The van der Waals surface area contributed by atoms with Gasteiger partial charge in [-0.25, -0.2) is 0 Å². The monoisotopic (exact) mass is 395 g/mol. The van der Waals surface area contributed by atoms with Crippen molar-refractivity contribution in [3.05, 3.63) is 41.2 Å². The third kappa shape index (κ3) is 3.65. The minimum atomic E-state index is -4.76. The van der Waals surface area contributed by atoms with Gasteiger partial charge in [0, 0.05) is 25.1 Å². The molecule has 1 aromatic heterocycles. The zero-order chi connectivity index (χ0) is 19.9. The largest absolute Gasteiger partial charge is 0.491 e. The lowest BCUT2D eigenvalue weighted by Crippen LogP contribution is -2.28. The van der Waals surface area contributed by atoms with Gasteiger partial charge in [-0.05, 0) is 36.0 Å². The first-order valence-electron chi connectivity index (χ1n) is 8.81. The van der Waals surface area contributed by atoms with Gasteiger partial charge in [-0.2, -0.15) is 18.3 Å². The number of benzene rings is 1. The summed E-state index contributed by atoms with van der Waals surface area (Å²) in [6.45, 7) is 1.11. The van der Waals surface area contributed by atoms with E-state index < -0.39 is 30.5 Å². The molecule has 0 atom stereocenters. The zero-order valence-corrected chi connectivity index (χ0v) is 14.7. The van der Waals surface area contributed by atoms with Crippen LogP contribution in [0.4, 0.5) is 18.9 Å². The molecular formula is C17H17BF3N3O4. The molecule has 0 spiro atoms. The highest BCUT2D eigenvalue weighted by molar-refractivity contribution is 6.61. The molecule has 2 aliphatic rings. The Labute approximate surface area is 158 Å². The van der Waals surface area contributed by atoms with E-state index in [0.29, 0.717) is 31.5 Å². The van der Waals surface area contributed by atoms with Crippen molar-refractivity contribution in [3.8, 4) is 0 Å². The van der Waals surface area contributed by atoms with Crippen LogP contribution in [0.15, 0.2) is 24.4 Å². The number of carbonyl (C=O) groups is 1. The van der Waals surface area contributed by atoms with E-state index in [9.17, 15) is 23.0 Å². The van der Waals surface area contributed by atoms with Crippen LogP contribution < -0.4 is 10.8 Å². The van der Waals surface area contributed by atoms with Gasteiger partial charge in [0.15, 0.2) is 5.69 Å². The van der Waals surface area contributed by atoms with E-state index in [-0.39, 0.29) is 18.3 Å². The second-order valence-corrected chi connectivity index (χ2v) is 6.74. The van der Waals surface area contributed by atoms with Gasteiger partial charge in [0.05, 0.1) is 18.2 Å². The Morgan fingerprint density at radius 1 is 1.32 bits per heavy atom. The number of rotatable bonds is 3. The lowest BCUT2D eigenvalue weighted by atomic mass is 9.79. The number of fused-ring (bicyclic) bond motifs is 1. The molecule has 1 fully saturated rings. The van der Waals surface area contributed by atoms with Crippen LogP contribution in [-0.2, 0) is 22.2 Å². The van der Waals surface area contributed by atoms with Gasteiger partial charge in [-0.15, -0.1) is 0 Å². The molecule has 11 heteroatoms. The van der Waals surface area contributed by atoms with Crippen LogP contribution in [0.5, 0.6) is 0 Å². The fourth-order valence-corrected chi connectivity index (χ4v) is 3.39. The zero-order valence-electron chi connectivity index (χ0n) is 14.7. The molecule has 4 rings (SSSR count). The molecule has 3 heterocycles. The molecule has 7 nitrogen and oxygen atoms in total. The lowest BCUT2D eigenvalue weighted by molar-refractivity contribution is -0.141. The average Bonchev–Trinajstić information content (AvgIpc) is 3.27. The van der Waals surface area contributed by atoms with Crippen molar-refractivity contribution < 1.29 is 32.4 Å². The average molecular weight is 395 g/mol. The number of nitrogens with zero attached hydrogens (tertiary/aromatic N) is 2. The number of anilines is 1. The van der Waals surface area contributed by atoms with E-state index in [1.165, 1.54) is 10.7 Å². The first kappa shape index (κ1) is 19.0. The molecule has 0 bridgehead atoms. The smallest absolute Gasteiger partial charge is 0.423 e. The van der Waals surface area contributed by atoms with Gasteiger partial charge in [0.25, 0.3) is 5.91 Å². The maximum atomic E-state index is 13.4. The number of carbonyl (C=O) groups excluding carboxylic acids is 1. The fraction of sp³-hybridized carbons (Fsp3) is 0.412. The quantitative estimate of drug-likeness (QED) is 0.774. The predicted octanol–water partition coefficient (Wildman–Crippen LogP) is 1.72. The molecule has 1 amide bonds. The number of ether oxygens (including phenoxy) is 1. The van der Waals surface area contributed by atoms with Crippen LogP contribution in [0.2, 0.25) is 0 Å². The minimum absolute atomic E-state index is 0.237. The fourth-order valence-electron chi connectivity index (χ4n) is 3.39. The summed E-state index contributed by atoms with van der Waals surface area (Å²) in [5.74, 6) is -0.918. The molecule has 0 aliphatic carbocycles. The van der Waals surface area contributed by atoms with Gasteiger partial charge in [0.1, 0.15) is 0 Å². The van der Waals surface area contributed by atoms with Crippen molar-refractivity contribution >= 4 is 24.2 Å². The van der Waals surface area contributed by atoms with Crippen molar-refractivity contribution in [2.24, 2.45) is 0 Å². The molecule has 2 aromatic rings. The Morgan fingerprint density at radius 3 is 2.79 bits per heavy atom. The van der Waals surface area contributed by atoms with Gasteiger partial charge in [-0.3, -0.25) is 9.48 Å². The topological polar surface area (TPSA) is 85.6 Å². The molecule has 0 radical (unpaired) electrons. The molecule has 1 aromatic carbocycles. The van der Waals surface area contributed by atoms with Crippen molar-refractivity contribution in [3.63, 3.8) is 0 Å². The Kier molecular flexibility index (Phi) is 4.90. The Hall–Kier alpha value is -2.37. The molecular weight excluding hydrogens is 378 g/mol. The van der Waals surface area contributed by atoms with Crippen LogP contribution >= 0.6 is 0 Å². The van der Waals surface area contributed by atoms with Crippen molar-refractivity contribution in [1.29, 1.82) is 0 Å². The standard InChI is InChI=1S/C17H17BF3N3O4/c19-17(20,21)15-13(8-24(23-15)12-3-5-27-6-4-12)16(25)22-11-2-1-10-9-28-18(26)14(10)7-11/h1-2,7-8,12,26H,3-6,9H2,(H,22,25). The highest BCUT2D eigenvalue weighted by atomic mass is 19.4. The number of alkyl halides is 3. The second-order valence-electron chi connectivity index (χ2n) is 6.74. The van der Waals surface area contributed by atoms with Crippen molar-refractivity contribution in [2.75, 3.05) is 18.5 Å². The van der Waals surface area contributed by atoms with Crippen LogP contribution in [0, 0.1) is 0 Å². The Morgan fingerprint density at radius 2 is 2.07 bits per heavy atom. The summed E-state index contributed by atoms with van der Waals surface area (Å²) in [7, 11) is -1.12. The Balaban J connectivity index is 1.61. The SMILES string of the molecule is O=C(Nc1ccc2c(c1)B(O)OC2)c1cn(C2CCOCC2)nc1C(F)(F)F. The van der Waals surface area contributed by atoms with E-state index in [2.05, 4.69) is 10.4 Å². The normalized spacial score (nSPS) is 17.6. The van der Waals surface area contributed by atoms with Gasteiger partial charge < -0.3 is 19.7 Å². The molecule has 1 saturated heterocycles. The maximum absolute atomic E-state index is 13.4. The van der Waals surface area contributed by atoms with E-state index in [4.69, 9.17) is 9.39 Å². The number of amides is 1. The summed E-state index contributed by atoms with van der Waals surface area (Å²) in [4.78, 5) is 12.6. The van der Waals surface area contributed by atoms with E-state index in [0.717, 1.165) is 11.8 Å². The lowest BCUT2D eigenvalue weighted by Gasteiger charge is -2.22. The van der Waals surface area contributed by atoms with Gasteiger partial charge >= 0.3 is 13.3 Å². The molecule has 2 aliphatic heterocycles. The molecule has 28 heavy (non-hydrogen) atoms. The summed E-state index contributed by atoms with van der Waals surface area (Å²) in [5.41, 5.74) is -0.266. The third-order valence-electron chi connectivity index (χ3n) is 4.88. The highest BCUT2D eigenvalue weighted by Crippen LogP contribution is 2.33. The van der Waals surface area contributed by atoms with E-state index in [1.54, 1.807) is 12.1 Å². The Bertz CT molecular complexity index is 896. The second kappa shape index (κ2) is 7.23. The van der Waals surface area contributed by atoms with Crippen LogP contribution in [0.1, 0.15) is 40.5 Å². The van der Waals surface area contributed by atoms with Crippen molar-refractivity contribution in [2.45, 2.75) is 31.7 Å². The summed E-state index contributed by atoms with van der Waals surface area (Å²) in [5, 5.41) is 15.9. The van der Waals surface area contributed by atoms with Gasteiger partial charge in [0.2, 0.25) is 0 Å². The molecule has 0 unspecified atom stereocenters. The summed E-state index contributed by atoms with van der Waals surface area (Å²) < 4.78 is 51.8. The summed E-state index contributed by atoms with van der Waals surface area (Å²) >= 11 is 0. The molecule has 148 valence electrons. The number of nitrogens with one attached hydrogen (secondary N) is 1. The predicted molar refractivity (Wildman–Crippen MR) is 93.1 cm³/mol. The van der Waals surface area contributed by atoms with Crippen LogP contribution in [0.25, 0.3) is 0 Å². The van der Waals surface area contributed by atoms with E-state index in [1.807, 2.05) is 0 Å². The third-order valence-corrected chi connectivity index (χ3v) is 4.88. The van der Waals surface area contributed by atoms with E-state index >= 15 is 0 Å². The number of halogens is 3. The van der Waals surface area contributed by atoms with Gasteiger partial charge in [-0.1, -0.05) is 6.07 Å². The summed E-state index contributed by atoms with van der Waals surface area (Å²) in [6.07, 6.45) is -2.56. The molecule has 2 N–H and O–H groups in total. The summed E-state index contributed by atoms with van der Waals surface area (Å²) in [6, 6.07) is 4.44. The van der Waals surface area contributed by atoms with Crippen LogP contribution in [-0.4, -0.2) is 41.0 Å².